The summed E-state index contributed by atoms with van der Waals surface area (Å²) in [5.74, 6) is -0.164. The van der Waals surface area contributed by atoms with Crippen LogP contribution in [-0.4, -0.2) is 28.8 Å². The maximum absolute atomic E-state index is 13.2. The third-order valence-electron chi connectivity index (χ3n) is 5.13. The van der Waals surface area contributed by atoms with Gasteiger partial charge in [-0.25, -0.2) is 0 Å². The fourth-order valence-electron chi connectivity index (χ4n) is 3.13. The van der Waals surface area contributed by atoms with Crippen molar-refractivity contribution in [3.63, 3.8) is 0 Å². The number of carbonyl (C=O) groups excluding carboxylic acids is 2. The summed E-state index contributed by atoms with van der Waals surface area (Å²) in [6.07, 6.45) is 1.66. The maximum Gasteiger partial charge on any atom is 0.243 e. The number of amides is 2. The number of halogens is 1. The summed E-state index contributed by atoms with van der Waals surface area (Å²) in [6.45, 7) is 8.33. The fraction of sp³-hybridized carbons (Fsp3) is 0.417. The lowest BCUT2D eigenvalue weighted by Crippen LogP contribution is -2.51. The third kappa shape index (κ3) is 6.90. The lowest BCUT2D eigenvalue weighted by Gasteiger charge is -2.31. The highest BCUT2D eigenvalue weighted by atomic mass is 35.5. The number of aryl methyl sites for hydroxylation is 1. The largest absolute Gasteiger partial charge is 0.352 e. The van der Waals surface area contributed by atoms with Gasteiger partial charge >= 0.3 is 0 Å². The minimum absolute atomic E-state index is 0.0602. The maximum atomic E-state index is 13.2. The quantitative estimate of drug-likeness (QED) is 0.633. The van der Waals surface area contributed by atoms with Crippen molar-refractivity contribution < 1.29 is 9.59 Å². The molecule has 0 saturated heterocycles. The molecule has 0 heterocycles. The summed E-state index contributed by atoms with van der Waals surface area (Å²) in [7, 11) is 0. The van der Waals surface area contributed by atoms with Crippen LogP contribution in [-0.2, 0) is 22.6 Å². The predicted molar refractivity (Wildman–Crippen MR) is 119 cm³/mol. The van der Waals surface area contributed by atoms with Crippen LogP contribution < -0.4 is 5.32 Å². The van der Waals surface area contributed by atoms with E-state index in [0.717, 1.165) is 23.1 Å². The van der Waals surface area contributed by atoms with E-state index < -0.39 is 6.04 Å². The Morgan fingerprint density at radius 3 is 2.10 bits per heavy atom. The van der Waals surface area contributed by atoms with Crippen molar-refractivity contribution in [2.75, 3.05) is 0 Å². The van der Waals surface area contributed by atoms with Crippen LogP contribution >= 0.6 is 11.6 Å². The first kappa shape index (κ1) is 23.0. The average Bonchev–Trinajstić information content (AvgIpc) is 2.70. The molecule has 0 saturated carbocycles. The molecule has 2 aromatic rings. The molecule has 0 aromatic heterocycles. The van der Waals surface area contributed by atoms with Crippen LogP contribution in [0.15, 0.2) is 48.5 Å². The van der Waals surface area contributed by atoms with E-state index in [9.17, 15) is 9.59 Å². The Balaban J connectivity index is 2.26. The van der Waals surface area contributed by atoms with Gasteiger partial charge in [-0.3, -0.25) is 9.59 Å². The lowest BCUT2D eigenvalue weighted by atomic mass is 10.1. The van der Waals surface area contributed by atoms with E-state index in [0.29, 0.717) is 18.0 Å². The van der Waals surface area contributed by atoms with Crippen LogP contribution in [0.4, 0.5) is 0 Å². The Kier molecular flexibility index (Phi) is 8.71. The fourth-order valence-corrected chi connectivity index (χ4v) is 3.26. The van der Waals surface area contributed by atoms with Gasteiger partial charge in [-0.15, -0.1) is 0 Å². The van der Waals surface area contributed by atoms with E-state index in [4.69, 9.17) is 11.6 Å². The summed E-state index contributed by atoms with van der Waals surface area (Å²) in [5.41, 5.74) is 3.04. The Labute approximate surface area is 179 Å². The number of hydrogen-bond acceptors (Lipinski definition) is 2. The molecule has 29 heavy (non-hydrogen) atoms. The molecule has 4 nitrogen and oxygen atoms in total. The summed E-state index contributed by atoms with van der Waals surface area (Å²) < 4.78 is 0. The summed E-state index contributed by atoms with van der Waals surface area (Å²) >= 11 is 6.00. The van der Waals surface area contributed by atoms with Gasteiger partial charge < -0.3 is 10.2 Å². The normalized spacial score (nSPS) is 12.9. The Hall–Kier alpha value is -2.33. The van der Waals surface area contributed by atoms with Gasteiger partial charge in [-0.2, -0.15) is 0 Å². The van der Waals surface area contributed by atoms with Gasteiger partial charge in [-0.05, 0) is 49.9 Å². The second-order valence-electron chi connectivity index (χ2n) is 7.55. The lowest BCUT2D eigenvalue weighted by molar-refractivity contribution is -0.141. The zero-order chi connectivity index (χ0) is 21.4. The van der Waals surface area contributed by atoms with Crippen molar-refractivity contribution in [1.29, 1.82) is 0 Å². The molecular weight excluding hydrogens is 384 g/mol. The molecule has 0 aliphatic heterocycles. The minimum Gasteiger partial charge on any atom is -0.352 e. The van der Waals surface area contributed by atoms with E-state index in [1.165, 1.54) is 0 Å². The molecule has 2 aromatic carbocycles. The van der Waals surface area contributed by atoms with Crippen LogP contribution in [0, 0.1) is 6.92 Å². The molecule has 2 amide bonds. The van der Waals surface area contributed by atoms with Crippen LogP contribution in [0.25, 0.3) is 0 Å². The third-order valence-corrected chi connectivity index (χ3v) is 5.38. The minimum atomic E-state index is -0.516. The molecule has 2 atom stereocenters. The van der Waals surface area contributed by atoms with Gasteiger partial charge in [-0.1, -0.05) is 67.4 Å². The Morgan fingerprint density at radius 2 is 1.55 bits per heavy atom. The van der Waals surface area contributed by atoms with Gasteiger partial charge in [0.2, 0.25) is 11.8 Å². The number of carbonyl (C=O) groups is 2. The van der Waals surface area contributed by atoms with Crippen LogP contribution in [0.1, 0.15) is 50.3 Å². The molecule has 0 aliphatic rings. The van der Waals surface area contributed by atoms with Crippen molar-refractivity contribution in [3.8, 4) is 0 Å². The molecule has 0 fully saturated rings. The van der Waals surface area contributed by atoms with Gasteiger partial charge in [0, 0.05) is 17.6 Å². The zero-order valence-electron chi connectivity index (χ0n) is 17.7. The smallest absolute Gasteiger partial charge is 0.243 e. The monoisotopic (exact) mass is 414 g/mol. The molecule has 0 radical (unpaired) electrons. The van der Waals surface area contributed by atoms with Crippen LogP contribution in [0.3, 0.4) is 0 Å². The standard InChI is InChI=1S/C24H31ClN2O2/c1-5-18(4)26-24(29)22(6-2)27(16-20-11-13-21(25)14-12-20)23(28)15-19-9-7-17(3)8-10-19/h7-14,18,22H,5-6,15-16H2,1-4H3,(H,26,29). The summed E-state index contributed by atoms with van der Waals surface area (Å²) in [4.78, 5) is 27.8. The van der Waals surface area contributed by atoms with Crippen molar-refractivity contribution >= 4 is 23.4 Å². The highest BCUT2D eigenvalue weighted by Gasteiger charge is 2.29. The molecule has 0 aliphatic carbocycles. The van der Waals surface area contributed by atoms with Crippen molar-refractivity contribution in [1.82, 2.24) is 10.2 Å². The van der Waals surface area contributed by atoms with E-state index >= 15 is 0 Å². The first-order valence-corrected chi connectivity index (χ1v) is 10.6. The van der Waals surface area contributed by atoms with Crippen molar-refractivity contribution in [2.24, 2.45) is 0 Å². The van der Waals surface area contributed by atoms with Crippen LogP contribution in [0.2, 0.25) is 5.02 Å². The molecule has 2 rings (SSSR count). The average molecular weight is 415 g/mol. The van der Waals surface area contributed by atoms with Gasteiger partial charge in [0.1, 0.15) is 6.04 Å². The number of nitrogens with zero attached hydrogens (tertiary/aromatic N) is 1. The summed E-state index contributed by atoms with van der Waals surface area (Å²) in [5, 5.41) is 3.67. The van der Waals surface area contributed by atoms with E-state index in [-0.39, 0.29) is 24.3 Å². The number of rotatable bonds is 9. The van der Waals surface area contributed by atoms with Crippen molar-refractivity contribution in [2.45, 2.75) is 65.6 Å². The molecule has 0 bridgehead atoms. The van der Waals surface area contributed by atoms with Crippen LogP contribution in [0.5, 0.6) is 0 Å². The van der Waals surface area contributed by atoms with Gasteiger partial charge in [0.25, 0.3) is 0 Å². The van der Waals surface area contributed by atoms with E-state index in [1.807, 2.05) is 64.1 Å². The first-order chi connectivity index (χ1) is 13.8. The summed E-state index contributed by atoms with van der Waals surface area (Å²) in [6, 6.07) is 14.9. The Morgan fingerprint density at radius 1 is 0.966 bits per heavy atom. The molecule has 1 N–H and O–H groups in total. The molecule has 156 valence electrons. The second-order valence-corrected chi connectivity index (χ2v) is 7.99. The highest BCUT2D eigenvalue weighted by Crippen LogP contribution is 2.17. The number of benzene rings is 2. The zero-order valence-corrected chi connectivity index (χ0v) is 18.5. The molecular formula is C24H31ClN2O2. The van der Waals surface area contributed by atoms with Gasteiger partial charge in [0.05, 0.1) is 6.42 Å². The first-order valence-electron chi connectivity index (χ1n) is 10.2. The van der Waals surface area contributed by atoms with Gasteiger partial charge in [0.15, 0.2) is 0 Å². The molecule has 0 spiro atoms. The highest BCUT2D eigenvalue weighted by molar-refractivity contribution is 6.30. The molecule has 5 heteroatoms. The van der Waals surface area contributed by atoms with Crippen molar-refractivity contribution in [3.05, 3.63) is 70.2 Å². The SMILES string of the molecule is CCC(C)NC(=O)C(CC)N(Cc1ccc(Cl)cc1)C(=O)Cc1ccc(C)cc1. The van der Waals surface area contributed by atoms with E-state index in [1.54, 1.807) is 17.0 Å². The van der Waals surface area contributed by atoms with E-state index in [2.05, 4.69) is 5.32 Å². The Bertz CT molecular complexity index is 803. The topological polar surface area (TPSA) is 49.4 Å². The second kappa shape index (κ2) is 11.0. The number of hydrogen-bond donors (Lipinski definition) is 1. The predicted octanol–water partition coefficient (Wildman–Crippen LogP) is 4.91. The molecule has 2 unspecified atom stereocenters. The number of nitrogens with one attached hydrogen (secondary N) is 1.